The van der Waals surface area contributed by atoms with Gasteiger partial charge in [-0.3, -0.25) is 0 Å². The number of aromatic nitrogens is 2. The van der Waals surface area contributed by atoms with E-state index in [1.165, 1.54) is 15.9 Å². The molecule has 0 unspecified atom stereocenters. The van der Waals surface area contributed by atoms with Gasteiger partial charge in [-0.1, -0.05) is 140 Å². The minimum atomic E-state index is -3.23. The molecule has 1 N–H and O–H groups in total. The van der Waals surface area contributed by atoms with Gasteiger partial charge in [-0.05, 0) is 64.2 Å². The first-order chi connectivity index (χ1) is 28.2. The Kier molecular flexibility index (Phi) is 15.5. The Balaban J connectivity index is 0.000000184. The van der Waals surface area contributed by atoms with Crippen LogP contribution in [0.15, 0.2) is 243 Å². The Labute approximate surface area is 358 Å². The van der Waals surface area contributed by atoms with Gasteiger partial charge in [0, 0.05) is 37.7 Å². The monoisotopic (exact) mass is 962 g/mol. The molecule has 2 aromatic heterocycles. The van der Waals surface area contributed by atoms with Gasteiger partial charge in [0.25, 0.3) is 8.32 Å². The van der Waals surface area contributed by atoms with Gasteiger partial charge in [0.1, 0.15) is 15.9 Å². The summed E-state index contributed by atoms with van der Waals surface area (Å²) in [5, 5.41) is 6.97. The Morgan fingerprint density at radius 2 is 0.776 bits per heavy atom. The molecular weight excluding hydrogens is 920 g/mol. The predicted molar refractivity (Wildman–Crippen MR) is 243 cm³/mol. The maximum Gasteiger partial charge on any atom is 0.289 e. The summed E-state index contributed by atoms with van der Waals surface area (Å²) in [7, 11) is -4.55. The summed E-state index contributed by atoms with van der Waals surface area (Å²) in [4.78, 5) is 21.1. The molecule has 0 saturated carbocycles. The van der Waals surface area contributed by atoms with Crippen molar-refractivity contribution in [2.24, 2.45) is 0 Å². The smallest absolute Gasteiger partial charge is 0.289 e. The number of benzene rings is 7. The number of pyridine rings is 2. The zero-order valence-electron chi connectivity index (χ0n) is 31.8. The van der Waals surface area contributed by atoms with Crippen LogP contribution in [0, 0.1) is 12.1 Å². The van der Waals surface area contributed by atoms with E-state index < -0.39 is 16.2 Å². The Morgan fingerprint density at radius 1 is 0.397 bits per heavy atom. The molecule has 9 rings (SSSR count). The van der Waals surface area contributed by atoms with Crippen LogP contribution in [-0.2, 0) is 20.1 Å². The quantitative estimate of drug-likeness (QED) is 0.0724. The summed E-state index contributed by atoms with van der Waals surface area (Å²) in [5.74, 6) is 0. The first kappa shape index (κ1) is 41.7. The van der Waals surface area contributed by atoms with Crippen molar-refractivity contribution in [2.45, 2.75) is 0 Å². The second-order valence-electron chi connectivity index (χ2n) is 13.1. The van der Waals surface area contributed by atoms with Crippen molar-refractivity contribution in [3.63, 3.8) is 0 Å². The molecular formula is C52H42IrN2OPSi-. The molecule has 6 heteroatoms. The first-order valence-electron chi connectivity index (χ1n) is 18.9. The van der Waals surface area contributed by atoms with Crippen LogP contribution >= 0.6 is 7.92 Å². The fourth-order valence-corrected chi connectivity index (χ4v) is 13.3. The molecule has 2 heterocycles. The molecule has 58 heavy (non-hydrogen) atoms. The van der Waals surface area contributed by atoms with Gasteiger partial charge in [-0.2, -0.15) is 0 Å². The number of hydrogen-bond acceptors (Lipinski definition) is 3. The number of nitrogens with zero attached hydrogens (tertiary/aromatic N) is 2. The first-order valence-corrected chi connectivity index (χ1v) is 22.3. The molecule has 0 aliphatic heterocycles. The molecule has 0 atom stereocenters. The maximum absolute atomic E-state index is 12.7. The standard InChI is InChI=1S/C30H25OPSi.2C11H8N.Ir/c31-33(27-19-9-3-10-20-27,28-21-11-4-12-22-28)30-24-14-13-23-29(30)32(25-15-5-1-6-16-25)26-17-7-2-8-18-26;2*1-2-6-10(7-3-1)11-8-4-5-9-12-11;/h1-24,31H;2*1-6,8-9H;/q;2*-1;/p+1. The molecule has 0 amide bonds. The van der Waals surface area contributed by atoms with Gasteiger partial charge in [0.2, 0.25) is 0 Å². The topological polar surface area (TPSA) is 46.0 Å². The van der Waals surface area contributed by atoms with Crippen LogP contribution in [-0.4, -0.2) is 23.1 Å². The second kappa shape index (κ2) is 21.6. The summed E-state index contributed by atoms with van der Waals surface area (Å²) >= 11 is 0. The molecule has 1 radical (unpaired) electrons. The third-order valence-electron chi connectivity index (χ3n) is 9.39. The number of rotatable bonds is 8. The van der Waals surface area contributed by atoms with E-state index in [4.69, 9.17) is 0 Å². The van der Waals surface area contributed by atoms with E-state index in [1.807, 2.05) is 121 Å². The van der Waals surface area contributed by atoms with Gasteiger partial charge in [-0.15, -0.1) is 71.8 Å². The van der Waals surface area contributed by atoms with Crippen molar-refractivity contribution in [3.05, 3.63) is 255 Å². The Bertz CT molecular complexity index is 2280. The molecule has 7 aromatic carbocycles. The molecule has 0 aliphatic carbocycles. The molecule has 9 aromatic rings. The van der Waals surface area contributed by atoms with E-state index in [0.29, 0.717) is 0 Å². The maximum atomic E-state index is 12.7. The van der Waals surface area contributed by atoms with Crippen molar-refractivity contribution < 1.29 is 24.9 Å². The van der Waals surface area contributed by atoms with Crippen LogP contribution in [0.4, 0.5) is 0 Å². The van der Waals surface area contributed by atoms with Gasteiger partial charge >= 0.3 is 0 Å². The summed E-state index contributed by atoms with van der Waals surface area (Å²) in [6.07, 6.45) is 3.58. The van der Waals surface area contributed by atoms with E-state index in [0.717, 1.165) is 38.1 Å². The van der Waals surface area contributed by atoms with Crippen molar-refractivity contribution in [1.29, 1.82) is 0 Å². The minimum Gasteiger partial charge on any atom is -0.421 e. The zero-order chi connectivity index (χ0) is 39.0. The molecule has 0 bridgehead atoms. The molecule has 0 spiro atoms. The van der Waals surface area contributed by atoms with Gasteiger partial charge in [-0.25, -0.2) is 0 Å². The van der Waals surface area contributed by atoms with Crippen molar-refractivity contribution in [3.8, 4) is 22.5 Å². The third-order valence-corrected chi connectivity index (χ3v) is 16.0. The predicted octanol–water partition coefficient (Wildman–Crippen LogP) is 8.23. The minimum absolute atomic E-state index is 0. The van der Waals surface area contributed by atoms with Gasteiger partial charge in [0.05, 0.1) is 7.92 Å². The van der Waals surface area contributed by atoms with Gasteiger partial charge < -0.3 is 14.8 Å². The summed E-state index contributed by atoms with van der Waals surface area (Å²) < 4.78 is 0. The van der Waals surface area contributed by atoms with E-state index >= 15 is 0 Å². The van der Waals surface area contributed by atoms with Gasteiger partial charge in [0.15, 0.2) is 0 Å². The van der Waals surface area contributed by atoms with Crippen molar-refractivity contribution in [2.75, 3.05) is 0 Å². The summed E-state index contributed by atoms with van der Waals surface area (Å²) in [6.45, 7) is 0. The molecule has 0 fully saturated rings. The Hall–Kier alpha value is -5.90. The van der Waals surface area contributed by atoms with E-state index in [2.05, 4.69) is 131 Å². The molecule has 0 aliphatic rings. The summed E-state index contributed by atoms with van der Waals surface area (Å²) in [6, 6.07) is 84.1. The zero-order valence-corrected chi connectivity index (χ0v) is 36.2. The van der Waals surface area contributed by atoms with Crippen molar-refractivity contribution in [1.82, 2.24) is 9.97 Å². The summed E-state index contributed by atoms with van der Waals surface area (Å²) in [5.41, 5.74) is 4.02. The number of hydrogen-bond donors (Lipinski definition) is 1. The van der Waals surface area contributed by atoms with E-state index in [9.17, 15) is 4.80 Å². The average Bonchev–Trinajstić information content (AvgIpc) is 3.32. The Morgan fingerprint density at radius 3 is 1.17 bits per heavy atom. The SMILES string of the molecule is O[Si](c1ccccc1)(c1ccccc1)c1ccccc1[PH+](c1ccccc1)c1ccccc1.[Ir].[c-]1ccccc1-c1ccccn1.[c-]1ccccc1-c1ccccn1. The normalized spacial score (nSPS) is 10.5. The van der Waals surface area contributed by atoms with Crippen LogP contribution in [0.3, 0.4) is 0 Å². The average molecular weight is 962 g/mol. The van der Waals surface area contributed by atoms with E-state index in [1.54, 1.807) is 12.4 Å². The molecule has 285 valence electrons. The second-order valence-corrected chi connectivity index (χ2v) is 18.6. The van der Waals surface area contributed by atoms with Crippen LogP contribution in [0.1, 0.15) is 0 Å². The third kappa shape index (κ3) is 10.5. The fraction of sp³-hybridized carbons (Fsp3) is 0. The molecule has 0 saturated heterocycles. The van der Waals surface area contributed by atoms with Crippen LogP contribution in [0.5, 0.6) is 0 Å². The van der Waals surface area contributed by atoms with E-state index in [-0.39, 0.29) is 20.1 Å². The van der Waals surface area contributed by atoms with Crippen LogP contribution < -0.4 is 31.5 Å². The largest absolute Gasteiger partial charge is 0.421 e. The fourth-order valence-electron chi connectivity index (χ4n) is 6.69. The van der Waals surface area contributed by atoms with Crippen LogP contribution in [0.25, 0.3) is 22.5 Å². The van der Waals surface area contributed by atoms with Crippen molar-refractivity contribution >= 4 is 47.7 Å². The molecule has 3 nitrogen and oxygen atoms in total. The van der Waals surface area contributed by atoms with Crippen LogP contribution in [0.2, 0.25) is 0 Å².